The van der Waals surface area contributed by atoms with E-state index in [-0.39, 0.29) is 16.7 Å². The molecule has 0 fully saturated rings. The second-order valence-electron chi connectivity index (χ2n) is 4.14. The average molecular weight is 295 g/mol. The van der Waals surface area contributed by atoms with E-state index < -0.39 is 10.0 Å². The summed E-state index contributed by atoms with van der Waals surface area (Å²) in [7, 11) is -3.74. The standard InChI is InChI=1S/C12H13N3O4S/c1-8-7-12(19-14-8)15-20(17,18)11-5-3-10(4-6-11)13-9(2)16/h3-7,15H,1-2H3,(H,13,16). The van der Waals surface area contributed by atoms with Gasteiger partial charge in [-0.2, -0.15) is 0 Å². The van der Waals surface area contributed by atoms with Crippen molar-refractivity contribution in [3.63, 3.8) is 0 Å². The van der Waals surface area contributed by atoms with Crippen molar-refractivity contribution in [3.05, 3.63) is 36.0 Å². The number of carbonyl (C=O) groups excluding carboxylic acids is 1. The number of amides is 1. The molecule has 7 nitrogen and oxygen atoms in total. The highest BCUT2D eigenvalue weighted by molar-refractivity contribution is 7.92. The van der Waals surface area contributed by atoms with Crippen molar-refractivity contribution in [1.82, 2.24) is 5.16 Å². The molecule has 1 aromatic heterocycles. The van der Waals surface area contributed by atoms with Crippen LogP contribution in [0.15, 0.2) is 39.8 Å². The molecule has 20 heavy (non-hydrogen) atoms. The van der Waals surface area contributed by atoms with E-state index in [1.807, 2.05) is 0 Å². The van der Waals surface area contributed by atoms with Crippen LogP contribution in [0.4, 0.5) is 11.6 Å². The first-order valence-electron chi connectivity index (χ1n) is 5.70. The Hall–Kier alpha value is -2.35. The zero-order valence-corrected chi connectivity index (χ0v) is 11.7. The maximum absolute atomic E-state index is 12.1. The Balaban J connectivity index is 2.19. The van der Waals surface area contributed by atoms with Crippen LogP contribution in [0.1, 0.15) is 12.6 Å². The summed E-state index contributed by atoms with van der Waals surface area (Å²) >= 11 is 0. The summed E-state index contributed by atoms with van der Waals surface area (Å²) < 4.78 is 31.2. The fourth-order valence-electron chi connectivity index (χ4n) is 1.52. The molecule has 2 N–H and O–H groups in total. The van der Waals surface area contributed by atoms with Gasteiger partial charge in [0, 0.05) is 18.7 Å². The van der Waals surface area contributed by atoms with E-state index in [1.165, 1.54) is 37.3 Å². The van der Waals surface area contributed by atoms with Gasteiger partial charge < -0.3 is 9.84 Å². The molecule has 2 rings (SSSR count). The van der Waals surface area contributed by atoms with E-state index in [0.717, 1.165) is 0 Å². The van der Waals surface area contributed by atoms with Crippen molar-refractivity contribution in [1.29, 1.82) is 0 Å². The lowest BCUT2D eigenvalue weighted by atomic mass is 10.3. The maximum Gasteiger partial charge on any atom is 0.264 e. The van der Waals surface area contributed by atoms with Crippen LogP contribution in [0.2, 0.25) is 0 Å². The SMILES string of the molecule is CC(=O)Nc1ccc(S(=O)(=O)Nc2cc(C)no2)cc1. The van der Waals surface area contributed by atoms with Crippen LogP contribution in [0, 0.1) is 6.92 Å². The zero-order chi connectivity index (χ0) is 14.8. The Morgan fingerprint density at radius 1 is 1.25 bits per heavy atom. The van der Waals surface area contributed by atoms with E-state index in [0.29, 0.717) is 11.4 Å². The number of sulfonamides is 1. The fraction of sp³-hybridized carbons (Fsp3) is 0.167. The molecule has 106 valence electrons. The van der Waals surface area contributed by atoms with Gasteiger partial charge in [-0.1, -0.05) is 5.16 Å². The van der Waals surface area contributed by atoms with Gasteiger partial charge in [0.25, 0.3) is 10.0 Å². The van der Waals surface area contributed by atoms with E-state index in [1.54, 1.807) is 6.92 Å². The Kier molecular flexibility index (Phi) is 3.75. The molecule has 8 heteroatoms. The Bertz CT molecular complexity index is 719. The van der Waals surface area contributed by atoms with E-state index in [2.05, 4.69) is 15.2 Å². The molecule has 0 saturated carbocycles. The summed E-state index contributed by atoms with van der Waals surface area (Å²) in [6.07, 6.45) is 0. The molecular weight excluding hydrogens is 282 g/mol. The topological polar surface area (TPSA) is 101 Å². The molecule has 0 radical (unpaired) electrons. The number of nitrogens with one attached hydrogen (secondary N) is 2. The average Bonchev–Trinajstić information content (AvgIpc) is 2.74. The second-order valence-corrected chi connectivity index (χ2v) is 5.83. The van der Waals surface area contributed by atoms with Crippen LogP contribution in [-0.4, -0.2) is 19.5 Å². The summed E-state index contributed by atoms with van der Waals surface area (Å²) in [5, 5.41) is 6.15. The summed E-state index contributed by atoms with van der Waals surface area (Å²) in [5.74, 6) is -0.177. The smallest absolute Gasteiger partial charge is 0.264 e. The van der Waals surface area contributed by atoms with Gasteiger partial charge in [-0.15, -0.1) is 0 Å². The third-order valence-corrected chi connectivity index (χ3v) is 3.71. The highest BCUT2D eigenvalue weighted by atomic mass is 32.2. The highest BCUT2D eigenvalue weighted by Gasteiger charge is 2.16. The minimum atomic E-state index is -3.74. The number of aryl methyl sites for hydroxylation is 1. The molecule has 1 heterocycles. The number of benzene rings is 1. The largest absolute Gasteiger partial charge is 0.338 e. The van der Waals surface area contributed by atoms with E-state index >= 15 is 0 Å². The molecule has 0 unspecified atom stereocenters. The predicted octanol–water partition coefficient (Wildman–Crippen LogP) is 1.74. The van der Waals surface area contributed by atoms with Crippen LogP contribution in [0.25, 0.3) is 0 Å². The summed E-state index contributed by atoms with van der Waals surface area (Å²) in [6, 6.07) is 7.25. The van der Waals surface area contributed by atoms with Crippen LogP contribution in [-0.2, 0) is 14.8 Å². The number of rotatable bonds is 4. The second kappa shape index (κ2) is 5.33. The fourth-order valence-corrected chi connectivity index (χ4v) is 2.50. The first-order chi connectivity index (χ1) is 9.37. The number of hydrogen-bond acceptors (Lipinski definition) is 5. The molecular formula is C12H13N3O4S. The normalized spacial score (nSPS) is 11.1. The number of nitrogens with zero attached hydrogens (tertiary/aromatic N) is 1. The van der Waals surface area contributed by atoms with Crippen molar-refractivity contribution < 1.29 is 17.7 Å². The summed E-state index contributed by atoms with van der Waals surface area (Å²) in [5.41, 5.74) is 1.09. The third kappa shape index (κ3) is 3.35. The van der Waals surface area contributed by atoms with Crippen molar-refractivity contribution >= 4 is 27.5 Å². The van der Waals surface area contributed by atoms with E-state index in [4.69, 9.17) is 4.52 Å². The summed E-state index contributed by atoms with van der Waals surface area (Å²) in [4.78, 5) is 10.9. The minimum Gasteiger partial charge on any atom is -0.338 e. The molecule has 0 aliphatic carbocycles. The molecule has 0 atom stereocenters. The zero-order valence-electron chi connectivity index (χ0n) is 10.9. The number of carbonyl (C=O) groups is 1. The minimum absolute atomic E-state index is 0.0495. The predicted molar refractivity (Wildman–Crippen MR) is 72.8 cm³/mol. The Labute approximate surface area is 116 Å². The lowest BCUT2D eigenvalue weighted by Crippen LogP contribution is -2.12. The molecule has 0 bridgehead atoms. The Morgan fingerprint density at radius 2 is 1.90 bits per heavy atom. The lowest BCUT2D eigenvalue weighted by Gasteiger charge is -2.06. The molecule has 0 aliphatic rings. The molecule has 0 aliphatic heterocycles. The number of aromatic nitrogens is 1. The van der Waals surface area contributed by atoms with Crippen LogP contribution in [0.3, 0.4) is 0 Å². The van der Waals surface area contributed by atoms with Crippen molar-refractivity contribution in [2.45, 2.75) is 18.7 Å². The van der Waals surface area contributed by atoms with E-state index in [9.17, 15) is 13.2 Å². The molecule has 1 aromatic carbocycles. The van der Waals surface area contributed by atoms with Gasteiger partial charge in [0.15, 0.2) is 0 Å². The molecule has 2 aromatic rings. The van der Waals surface area contributed by atoms with Gasteiger partial charge in [-0.05, 0) is 31.2 Å². The first-order valence-corrected chi connectivity index (χ1v) is 7.19. The number of anilines is 2. The summed E-state index contributed by atoms with van der Waals surface area (Å²) in [6.45, 7) is 3.06. The maximum atomic E-state index is 12.1. The molecule has 1 amide bonds. The van der Waals surface area contributed by atoms with Gasteiger partial charge in [-0.3, -0.25) is 4.79 Å². The lowest BCUT2D eigenvalue weighted by molar-refractivity contribution is -0.114. The van der Waals surface area contributed by atoms with Gasteiger partial charge >= 0.3 is 0 Å². The molecule has 0 spiro atoms. The van der Waals surface area contributed by atoms with Gasteiger partial charge in [0.2, 0.25) is 11.8 Å². The third-order valence-electron chi connectivity index (χ3n) is 2.35. The van der Waals surface area contributed by atoms with Gasteiger partial charge in [0.1, 0.15) is 0 Å². The quantitative estimate of drug-likeness (QED) is 0.894. The van der Waals surface area contributed by atoms with Gasteiger partial charge in [-0.25, -0.2) is 13.1 Å². The monoisotopic (exact) mass is 295 g/mol. The molecule has 0 saturated heterocycles. The Morgan fingerprint density at radius 3 is 2.40 bits per heavy atom. The van der Waals surface area contributed by atoms with Crippen molar-refractivity contribution in [3.8, 4) is 0 Å². The van der Waals surface area contributed by atoms with Crippen LogP contribution < -0.4 is 10.0 Å². The van der Waals surface area contributed by atoms with Gasteiger partial charge in [0.05, 0.1) is 10.6 Å². The number of hydrogen-bond donors (Lipinski definition) is 2. The van der Waals surface area contributed by atoms with Crippen LogP contribution >= 0.6 is 0 Å². The highest BCUT2D eigenvalue weighted by Crippen LogP contribution is 2.18. The first kappa shape index (κ1) is 14.1. The van der Waals surface area contributed by atoms with Crippen molar-refractivity contribution in [2.24, 2.45) is 0 Å². The van der Waals surface area contributed by atoms with Crippen LogP contribution in [0.5, 0.6) is 0 Å². The van der Waals surface area contributed by atoms with Crippen molar-refractivity contribution in [2.75, 3.05) is 10.0 Å².